The molecule has 3 aromatic rings. The van der Waals surface area contributed by atoms with Crippen molar-refractivity contribution in [2.75, 3.05) is 40.5 Å². The number of aromatic nitrogens is 2. The summed E-state index contributed by atoms with van der Waals surface area (Å²) in [6.45, 7) is 3.34. The molecule has 0 unspecified atom stereocenters. The maximum Gasteiger partial charge on any atom is 0.356 e. The molecule has 0 aliphatic rings. The molecule has 0 saturated heterocycles. The number of rotatable bonds is 13. The van der Waals surface area contributed by atoms with Crippen LogP contribution >= 0.6 is 0 Å². The fraction of sp³-hybridized carbons (Fsp3) is 0.360. The molecule has 3 rings (SSSR count). The number of methoxy groups -OCH3 is 2. The van der Waals surface area contributed by atoms with E-state index in [1.54, 1.807) is 33.3 Å². The van der Waals surface area contributed by atoms with Crippen LogP contribution in [0.1, 0.15) is 23.0 Å². The van der Waals surface area contributed by atoms with Gasteiger partial charge in [0.1, 0.15) is 30.0 Å². The number of hydrogen-bond acceptors (Lipinski definition) is 8. The molecule has 34 heavy (non-hydrogen) atoms. The third-order valence-electron chi connectivity index (χ3n) is 5.06. The summed E-state index contributed by atoms with van der Waals surface area (Å²) in [6, 6.07) is 13.1. The highest BCUT2D eigenvalue weighted by Gasteiger charge is 2.12. The third-order valence-corrected chi connectivity index (χ3v) is 5.06. The molecule has 0 aliphatic carbocycles. The quantitative estimate of drug-likeness (QED) is 0.259. The Hall–Kier alpha value is -3.56. The molecule has 0 spiro atoms. The van der Waals surface area contributed by atoms with Crippen molar-refractivity contribution in [3.05, 3.63) is 59.9 Å². The second-order valence-electron chi connectivity index (χ2n) is 7.50. The molecule has 0 amide bonds. The van der Waals surface area contributed by atoms with Gasteiger partial charge in [-0.3, -0.25) is 0 Å². The number of aliphatic hydroxyl groups is 1. The van der Waals surface area contributed by atoms with Gasteiger partial charge in [-0.15, -0.1) is 0 Å². The van der Waals surface area contributed by atoms with Gasteiger partial charge < -0.3 is 34.4 Å². The number of nitrogens with zero attached hydrogens (tertiary/aromatic N) is 1. The topological polar surface area (TPSA) is 115 Å². The van der Waals surface area contributed by atoms with Crippen molar-refractivity contribution in [1.82, 2.24) is 15.3 Å². The standard InChI is InChI=1S/C25H31N3O6/c1-4-33-25(30)21-15-27-24(28-21)18-6-8-20(9-7-18)34-16-19(29)14-26-12-11-17-5-10-22(31-2)23(13-17)32-3/h5-10,13,15,19,26,29H,4,11-12,14,16H2,1-3H3,(H,27,28)/t19-/m0/s1. The number of esters is 1. The number of aromatic amines is 1. The van der Waals surface area contributed by atoms with Gasteiger partial charge in [0.05, 0.1) is 27.0 Å². The molecule has 9 nitrogen and oxygen atoms in total. The summed E-state index contributed by atoms with van der Waals surface area (Å²) >= 11 is 0. The first-order valence-electron chi connectivity index (χ1n) is 11.1. The molecule has 0 radical (unpaired) electrons. The van der Waals surface area contributed by atoms with Crippen LogP contribution in [-0.4, -0.2) is 67.7 Å². The molecule has 0 aliphatic heterocycles. The minimum absolute atomic E-state index is 0.163. The van der Waals surface area contributed by atoms with Crippen LogP contribution in [0, 0.1) is 0 Å². The van der Waals surface area contributed by atoms with Crippen molar-refractivity contribution in [3.8, 4) is 28.6 Å². The predicted octanol–water partition coefficient (Wildman–Crippen LogP) is 2.84. The number of benzene rings is 2. The van der Waals surface area contributed by atoms with Crippen LogP contribution in [0.2, 0.25) is 0 Å². The highest BCUT2D eigenvalue weighted by Crippen LogP contribution is 2.27. The lowest BCUT2D eigenvalue weighted by molar-refractivity contribution is 0.0520. The van der Waals surface area contributed by atoms with Crippen molar-refractivity contribution >= 4 is 5.97 Å². The fourth-order valence-electron chi connectivity index (χ4n) is 3.28. The van der Waals surface area contributed by atoms with Crippen molar-refractivity contribution in [3.63, 3.8) is 0 Å². The summed E-state index contributed by atoms with van der Waals surface area (Å²) < 4.78 is 21.2. The van der Waals surface area contributed by atoms with E-state index in [0.717, 1.165) is 17.5 Å². The van der Waals surface area contributed by atoms with E-state index in [4.69, 9.17) is 18.9 Å². The Labute approximate surface area is 199 Å². The van der Waals surface area contributed by atoms with Gasteiger partial charge in [0, 0.05) is 12.1 Å². The van der Waals surface area contributed by atoms with E-state index in [9.17, 15) is 9.90 Å². The van der Waals surface area contributed by atoms with E-state index >= 15 is 0 Å². The first-order valence-corrected chi connectivity index (χ1v) is 11.1. The maximum absolute atomic E-state index is 11.8. The molecule has 9 heteroatoms. The van der Waals surface area contributed by atoms with E-state index in [1.165, 1.54) is 6.20 Å². The summed E-state index contributed by atoms with van der Waals surface area (Å²) in [5.74, 6) is 2.16. The number of nitrogens with one attached hydrogen (secondary N) is 2. The smallest absolute Gasteiger partial charge is 0.356 e. The Bertz CT molecular complexity index is 1050. The van der Waals surface area contributed by atoms with Gasteiger partial charge >= 0.3 is 5.97 Å². The van der Waals surface area contributed by atoms with Crippen LogP contribution in [0.4, 0.5) is 0 Å². The number of imidazole rings is 1. The van der Waals surface area contributed by atoms with Gasteiger partial charge in [-0.25, -0.2) is 9.78 Å². The van der Waals surface area contributed by atoms with Crippen LogP contribution in [-0.2, 0) is 11.2 Å². The number of hydrogen-bond donors (Lipinski definition) is 3. The SMILES string of the molecule is CCOC(=O)c1cnc(-c2ccc(OC[C@@H](O)CNCCc3ccc(OC)c(OC)c3)cc2)[nH]1. The molecular weight excluding hydrogens is 438 g/mol. The second-order valence-corrected chi connectivity index (χ2v) is 7.50. The van der Waals surface area contributed by atoms with Crippen LogP contribution in [0.3, 0.4) is 0 Å². The summed E-state index contributed by atoms with van der Waals surface area (Å²) in [5, 5.41) is 13.4. The molecule has 2 aromatic carbocycles. The third kappa shape index (κ3) is 6.97. The fourth-order valence-corrected chi connectivity index (χ4v) is 3.28. The van der Waals surface area contributed by atoms with Crippen LogP contribution in [0.5, 0.6) is 17.2 Å². The molecule has 1 heterocycles. The number of carbonyl (C=O) groups excluding carboxylic acids is 1. The number of ether oxygens (including phenoxy) is 4. The molecule has 3 N–H and O–H groups in total. The van der Waals surface area contributed by atoms with Gasteiger partial charge in [-0.05, 0) is 61.9 Å². The van der Waals surface area contributed by atoms with Crippen molar-refractivity contribution in [1.29, 1.82) is 0 Å². The Balaban J connectivity index is 1.39. The lowest BCUT2D eigenvalue weighted by atomic mass is 10.1. The van der Waals surface area contributed by atoms with Crippen LogP contribution < -0.4 is 19.5 Å². The van der Waals surface area contributed by atoms with E-state index in [-0.39, 0.29) is 6.61 Å². The number of H-pyrrole nitrogens is 1. The maximum atomic E-state index is 11.8. The van der Waals surface area contributed by atoms with Crippen molar-refractivity contribution < 1.29 is 28.8 Å². The molecule has 0 saturated carbocycles. The Morgan fingerprint density at radius 2 is 1.88 bits per heavy atom. The lowest BCUT2D eigenvalue weighted by Crippen LogP contribution is -2.32. The summed E-state index contributed by atoms with van der Waals surface area (Å²) in [4.78, 5) is 18.9. The monoisotopic (exact) mass is 469 g/mol. The molecule has 1 aromatic heterocycles. The minimum atomic E-state index is -0.651. The normalized spacial score (nSPS) is 11.6. The van der Waals surface area contributed by atoms with Gasteiger partial charge in [-0.1, -0.05) is 6.07 Å². The van der Waals surface area contributed by atoms with Crippen LogP contribution in [0.15, 0.2) is 48.7 Å². The molecule has 182 valence electrons. The number of aliphatic hydroxyl groups excluding tert-OH is 1. The van der Waals surface area contributed by atoms with Gasteiger partial charge in [0.2, 0.25) is 0 Å². The van der Waals surface area contributed by atoms with Crippen LogP contribution in [0.25, 0.3) is 11.4 Å². The highest BCUT2D eigenvalue weighted by atomic mass is 16.5. The zero-order valence-electron chi connectivity index (χ0n) is 19.7. The van der Waals surface area contributed by atoms with E-state index in [2.05, 4.69) is 15.3 Å². The first-order chi connectivity index (χ1) is 16.5. The average Bonchev–Trinajstić information content (AvgIpc) is 3.36. The zero-order valence-corrected chi connectivity index (χ0v) is 19.7. The molecular formula is C25H31N3O6. The lowest BCUT2D eigenvalue weighted by Gasteiger charge is -2.14. The molecule has 1 atom stereocenters. The molecule has 0 fully saturated rings. The van der Waals surface area contributed by atoms with Gasteiger partial charge in [-0.2, -0.15) is 0 Å². The van der Waals surface area contributed by atoms with Crippen molar-refractivity contribution in [2.45, 2.75) is 19.4 Å². The Morgan fingerprint density at radius 1 is 1.12 bits per heavy atom. The first kappa shape index (κ1) is 25.1. The van der Waals surface area contributed by atoms with Gasteiger partial charge in [0.15, 0.2) is 11.5 Å². The second kappa shape index (κ2) is 12.6. The Kier molecular flexibility index (Phi) is 9.30. The summed E-state index contributed by atoms with van der Waals surface area (Å²) in [7, 11) is 3.22. The van der Waals surface area contributed by atoms with E-state index in [0.29, 0.717) is 48.5 Å². The van der Waals surface area contributed by atoms with E-state index < -0.39 is 12.1 Å². The van der Waals surface area contributed by atoms with E-state index in [1.807, 2.05) is 30.3 Å². The largest absolute Gasteiger partial charge is 0.493 e. The summed E-state index contributed by atoms with van der Waals surface area (Å²) in [6.07, 6.45) is 1.59. The minimum Gasteiger partial charge on any atom is -0.493 e. The summed E-state index contributed by atoms with van der Waals surface area (Å²) in [5.41, 5.74) is 2.22. The predicted molar refractivity (Wildman–Crippen MR) is 128 cm³/mol. The van der Waals surface area contributed by atoms with Crippen molar-refractivity contribution in [2.24, 2.45) is 0 Å². The molecule has 0 bridgehead atoms. The zero-order chi connectivity index (χ0) is 24.3. The van der Waals surface area contributed by atoms with Gasteiger partial charge in [0.25, 0.3) is 0 Å². The highest BCUT2D eigenvalue weighted by molar-refractivity contribution is 5.87. The Morgan fingerprint density at radius 3 is 2.59 bits per heavy atom. The average molecular weight is 470 g/mol. The number of carbonyl (C=O) groups is 1.